The molecule has 2 bridgehead atoms. The van der Waals surface area contributed by atoms with E-state index in [1.54, 1.807) is 6.07 Å². The molecule has 0 spiro atoms. The molecule has 8 nitrogen and oxygen atoms in total. The Bertz CT molecular complexity index is 1230. The Balaban J connectivity index is 1.38. The van der Waals surface area contributed by atoms with Crippen LogP contribution in [0.5, 0.6) is 5.75 Å². The lowest BCUT2D eigenvalue weighted by Crippen LogP contribution is -2.58. The van der Waals surface area contributed by atoms with E-state index < -0.39 is 5.82 Å². The highest BCUT2D eigenvalue weighted by atomic mass is 19.1. The highest BCUT2D eigenvalue weighted by molar-refractivity contribution is 5.69. The van der Waals surface area contributed by atoms with Gasteiger partial charge in [0.1, 0.15) is 24.0 Å². The van der Waals surface area contributed by atoms with Crippen LogP contribution in [0.3, 0.4) is 0 Å². The van der Waals surface area contributed by atoms with E-state index in [-0.39, 0.29) is 33.8 Å². The second-order valence-corrected chi connectivity index (χ2v) is 9.79. The number of fused-ring (bicyclic) bond motifs is 2. The average molecular weight is 448 g/mol. The number of nitrogens with one attached hydrogen (secondary N) is 1. The number of nitriles is 1. The van der Waals surface area contributed by atoms with Crippen LogP contribution in [0, 0.1) is 17.1 Å². The van der Waals surface area contributed by atoms with Crippen molar-refractivity contribution in [2.24, 2.45) is 0 Å². The van der Waals surface area contributed by atoms with E-state index in [2.05, 4.69) is 39.2 Å². The second kappa shape index (κ2) is 7.52. The summed E-state index contributed by atoms with van der Waals surface area (Å²) in [6, 6.07) is 8.36. The minimum atomic E-state index is -0.570. The molecule has 0 saturated carbocycles. The van der Waals surface area contributed by atoms with Gasteiger partial charge < -0.3 is 19.9 Å². The van der Waals surface area contributed by atoms with Crippen LogP contribution in [0.25, 0.3) is 16.9 Å². The number of phenolic OH excluding ortho intramolecular Hbond substituents is 1. The van der Waals surface area contributed by atoms with Crippen molar-refractivity contribution in [1.29, 1.82) is 5.26 Å². The molecule has 2 aliphatic heterocycles. The molecule has 2 saturated heterocycles. The van der Waals surface area contributed by atoms with Crippen LogP contribution in [0.15, 0.2) is 36.8 Å². The summed E-state index contributed by atoms with van der Waals surface area (Å²) in [5.41, 5.74) is 1.17. The fourth-order valence-corrected chi connectivity index (χ4v) is 5.41. The van der Waals surface area contributed by atoms with Gasteiger partial charge in [-0.05, 0) is 57.7 Å². The topological polar surface area (TPSA) is 103 Å². The molecule has 5 rings (SSSR count). The Morgan fingerprint density at radius 3 is 2.55 bits per heavy atom. The summed E-state index contributed by atoms with van der Waals surface area (Å²) in [4.78, 5) is 6.05. The standard InChI is InChI=1S/C24H26FN7O/c1-23-6-7-24(2,30-23)11-16(10-23)31(3)22-5-4-19(28-29-22)17-8-18(25)20(9-21(17)33)32-13-15(12-26)27-14-32/h4-5,8-9,13-14,16,30,33H,6-7,10-11H2,1-3H3/t16?,23-,24+. The van der Waals surface area contributed by atoms with Gasteiger partial charge in [-0.1, -0.05) is 0 Å². The van der Waals surface area contributed by atoms with Crippen molar-refractivity contribution in [3.05, 3.63) is 48.3 Å². The predicted octanol–water partition coefficient (Wildman–Crippen LogP) is 3.55. The summed E-state index contributed by atoms with van der Waals surface area (Å²) in [6.45, 7) is 4.58. The quantitative estimate of drug-likeness (QED) is 0.630. The van der Waals surface area contributed by atoms with Gasteiger partial charge >= 0.3 is 0 Å². The summed E-state index contributed by atoms with van der Waals surface area (Å²) in [7, 11) is 2.04. The molecule has 3 aromatic rings. The van der Waals surface area contributed by atoms with Crippen molar-refractivity contribution in [2.75, 3.05) is 11.9 Å². The Labute approximate surface area is 191 Å². The molecule has 2 aromatic heterocycles. The van der Waals surface area contributed by atoms with E-state index in [4.69, 9.17) is 5.26 Å². The minimum absolute atomic E-state index is 0.0945. The zero-order chi connectivity index (χ0) is 23.4. The highest BCUT2D eigenvalue weighted by Crippen LogP contribution is 2.43. The van der Waals surface area contributed by atoms with Gasteiger partial charge in [0.05, 0.1) is 11.4 Å². The first-order valence-electron chi connectivity index (χ1n) is 11.0. The maximum absolute atomic E-state index is 14.8. The summed E-state index contributed by atoms with van der Waals surface area (Å²) in [5.74, 6) is 0.0421. The van der Waals surface area contributed by atoms with Gasteiger partial charge in [-0.2, -0.15) is 5.26 Å². The van der Waals surface area contributed by atoms with Crippen molar-refractivity contribution in [3.63, 3.8) is 0 Å². The lowest BCUT2D eigenvalue weighted by Gasteiger charge is -2.45. The lowest BCUT2D eigenvalue weighted by molar-refractivity contribution is 0.207. The van der Waals surface area contributed by atoms with Gasteiger partial charge in [0.2, 0.25) is 0 Å². The Hall–Kier alpha value is -3.51. The maximum Gasteiger partial charge on any atom is 0.158 e. The average Bonchev–Trinajstić information content (AvgIpc) is 3.35. The van der Waals surface area contributed by atoms with Crippen LogP contribution in [0.4, 0.5) is 10.2 Å². The number of nitrogens with zero attached hydrogens (tertiary/aromatic N) is 6. The molecule has 1 unspecified atom stereocenters. The van der Waals surface area contributed by atoms with Gasteiger partial charge in [0.15, 0.2) is 11.5 Å². The number of aromatic nitrogens is 4. The van der Waals surface area contributed by atoms with E-state index in [9.17, 15) is 9.50 Å². The van der Waals surface area contributed by atoms with Gasteiger partial charge in [0, 0.05) is 42.0 Å². The van der Waals surface area contributed by atoms with Crippen molar-refractivity contribution < 1.29 is 9.50 Å². The molecule has 2 N–H and O–H groups in total. The molecule has 2 aliphatic rings. The summed E-state index contributed by atoms with van der Waals surface area (Å²) < 4.78 is 16.2. The van der Waals surface area contributed by atoms with Crippen LogP contribution in [-0.2, 0) is 0 Å². The number of anilines is 1. The van der Waals surface area contributed by atoms with E-state index >= 15 is 0 Å². The molecule has 0 radical (unpaired) electrons. The predicted molar refractivity (Wildman–Crippen MR) is 122 cm³/mol. The van der Waals surface area contributed by atoms with E-state index in [0.29, 0.717) is 11.7 Å². The lowest BCUT2D eigenvalue weighted by atomic mass is 9.84. The molecular weight excluding hydrogens is 421 g/mol. The fraction of sp³-hybridized carbons (Fsp3) is 0.417. The van der Waals surface area contributed by atoms with Crippen molar-refractivity contribution in [3.8, 4) is 28.8 Å². The maximum atomic E-state index is 14.8. The van der Waals surface area contributed by atoms with E-state index in [1.165, 1.54) is 42.1 Å². The van der Waals surface area contributed by atoms with Gasteiger partial charge in [-0.3, -0.25) is 0 Å². The minimum Gasteiger partial charge on any atom is -0.507 e. The van der Waals surface area contributed by atoms with Gasteiger partial charge in [-0.25, -0.2) is 9.37 Å². The van der Waals surface area contributed by atoms with E-state index in [0.717, 1.165) is 18.7 Å². The molecule has 3 atom stereocenters. The van der Waals surface area contributed by atoms with Crippen LogP contribution in [0.1, 0.15) is 45.2 Å². The second-order valence-electron chi connectivity index (χ2n) is 9.79. The third-order valence-electron chi connectivity index (χ3n) is 7.08. The Morgan fingerprint density at radius 2 is 1.94 bits per heavy atom. The molecule has 2 fully saturated rings. The first-order chi connectivity index (χ1) is 15.7. The number of benzene rings is 1. The molecule has 0 aliphatic carbocycles. The highest BCUT2D eigenvalue weighted by Gasteiger charge is 2.49. The number of piperidine rings is 1. The molecule has 9 heteroatoms. The molecule has 1 aromatic carbocycles. The number of rotatable bonds is 4. The van der Waals surface area contributed by atoms with E-state index in [1.807, 2.05) is 19.2 Å². The first-order valence-corrected chi connectivity index (χ1v) is 11.0. The zero-order valence-corrected chi connectivity index (χ0v) is 18.9. The van der Waals surface area contributed by atoms with Gasteiger partial charge in [0.25, 0.3) is 0 Å². The smallest absolute Gasteiger partial charge is 0.158 e. The number of hydrogen-bond donors (Lipinski definition) is 2. The third-order valence-corrected chi connectivity index (χ3v) is 7.08. The summed E-state index contributed by atoms with van der Waals surface area (Å²) in [5, 5.41) is 31.9. The first kappa shape index (κ1) is 21.3. The number of phenols is 1. The van der Waals surface area contributed by atoms with Crippen molar-refractivity contribution in [2.45, 2.75) is 56.7 Å². The summed E-state index contributed by atoms with van der Waals surface area (Å²) >= 11 is 0. The van der Waals surface area contributed by atoms with Crippen LogP contribution < -0.4 is 10.2 Å². The molecule has 170 valence electrons. The monoisotopic (exact) mass is 447 g/mol. The number of imidazole rings is 1. The van der Waals surface area contributed by atoms with Gasteiger partial charge in [-0.15, -0.1) is 10.2 Å². The third kappa shape index (κ3) is 3.80. The van der Waals surface area contributed by atoms with Crippen LogP contribution in [0.2, 0.25) is 0 Å². The van der Waals surface area contributed by atoms with Crippen LogP contribution >= 0.6 is 0 Å². The van der Waals surface area contributed by atoms with Crippen molar-refractivity contribution >= 4 is 5.82 Å². The largest absolute Gasteiger partial charge is 0.507 e. The SMILES string of the molecule is CN(c1ccc(-c2cc(F)c(-n3cnc(C#N)c3)cc2O)nn1)C1C[C@]2(C)CC[C@](C)(C1)N2. The Morgan fingerprint density at radius 1 is 1.21 bits per heavy atom. The Kier molecular flexibility index (Phi) is 4.87. The molecule has 33 heavy (non-hydrogen) atoms. The fourth-order valence-electron chi connectivity index (χ4n) is 5.41. The zero-order valence-electron chi connectivity index (χ0n) is 18.9. The van der Waals surface area contributed by atoms with Crippen LogP contribution in [-0.4, -0.2) is 49.0 Å². The number of halogens is 1. The molecule has 4 heterocycles. The molecule has 0 amide bonds. The number of aromatic hydroxyl groups is 1. The molecular formula is C24H26FN7O. The number of hydrogen-bond acceptors (Lipinski definition) is 7. The van der Waals surface area contributed by atoms with Crippen molar-refractivity contribution in [1.82, 2.24) is 25.1 Å². The normalized spacial score (nSPS) is 26.2. The summed E-state index contributed by atoms with van der Waals surface area (Å²) in [6.07, 6.45) is 7.16.